The average molecular weight is 500 g/mol. The predicted molar refractivity (Wildman–Crippen MR) is 133 cm³/mol. The van der Waals surface area contributed by atoms with Crippen LogP contribution in [0.4, 0.5) is 0 Å². The minimum Gasteiger partial charge on any atom is -0.467 e. The zero-order chi connectivity index (χ0) is 25.7. The number of ether oxygens (including phenoxy) is 2. The van der Waals surface area contributed by atoms with Gasteiger partial charge in [-0.25, -0.2) is 4.79 Å². The fourth-order valence-electron chi connectivity index (χ4n) is 8.72. The Labute approximate surface area is 214 Å². The van der Waals surface area contributed by atoms with E-state index in [0.29, 0.717) is 42.9 Å². The number of nitrogens with zero attached hydrogens (tertiary/aromatic N) is 1. The summed E-state index contributed by atoms with van der Waals surface area (Å²) in [5, 5.41) is 0. The first-order valence-corrected chi connectivity index (χ1v) is 14.0. The van der Waals surface area contributed by atoms with Crippen molar-refractivity contribution in [2.45, 2.75) is 103 Å². The predicted octanol–water partition coefficient (Wildman–Crippen LogP) is 4.37. The Hall–Kier alpha value is -2.18. The number of methoxy groups -OCH3 is 1. The number of allylic oxidation sites excluding steroid dienone is 1. The maximum Gasteiger partial charge on any atom is 0.328 e. The van der Waals surface area contributed by atoms with E-state index in [1.807, 2.05) is 6.08 Å². The van der Waals surface area contributed by atoms with Gasteiger partial charge < -0.3 is 14.4 Å². The zero-order valence-corrected chi connectivity index (χ0v) is 22.1. The summed E-state index contributed by atoms with van der Waals surface area (Å²) in [7, 11) is 1.34. The normalized spacial score (nSPS) is 39.5. The second-order valence-electron chi connectivity index (χ2n) is 12.3. The van der Waals surface area contributed by atoms with Crippen LogP contribution in [0.1, 0.15) is 90.9 Å². The lowest BCUT2D eigenvalue weighted by Crippen LogP contribution is -2.51. The van der Waals surface area contributed by atoms with Gasteiger partial charge >= 0.3 is 11.9 Å². The first-order valence-electron chi connectivity index (χ1n) is 14.0. The van der Waals surface area contributed by atoms with E-state index in [0.717, 1.165) is 51.4 Å². The first-order chi connectivity index (χ1) is 17.2. The van der Waals surface area contributed by atoms with Gasteiger partial charge in [-0.05, 0) is 87.0 Å². The molecule has 0 spiro atoms. The van der Waals surface area contributed by atoms with Crippen LogP contribution in [0.2, 0.25) is 0 Å². The van der Waals surface area contributed by atoms with E-state index < -0.39 is 6.04 Å². The highest BCUT2D eigenvalue weighted by Crippen LogP contribution is 2.65. The quantitative estimate of drug-likeness (QED) is 0.522. The molecule has 7 atom stereocenters. The van der Waals surface area contributed by atoms with E-state index in [1.54, 1.807) is 4.90 Å². The molecule has 0 N–H and O–H groups in total. The topological polar surface area (TPSA) is 90.0 Å². The summed E-state index contributed by atoms with van der Waals surface area (Å²) in [6.07, 6.45) is 11.3. The lowest BCUT2D eigenvalue weighted by atomic mass is 9.47. The van der Waals surface area contributed by atoms with Gasteiger partial charge in [-0.1, -0.05) is 19.4 Å². The molecule has 3 saturated carbocycles. The molecule has 7 heteroatoms. The lowest BCUT2D eigenvalue weighted by Gasteiger charge is -2.57. The van der Waals surface area contributed by atoms with Crippen molar-refractivity contribution in [3.63, 3.8) is 0 Å². The molecule has 1 saturated heterocycles. The second kappa shape index (κ2) is 9.60. The van der Waals surface area contributed by atoms with Crippen LogP contribution in [-0.4, -0.2) is 54.3 Å². The Morgan fingerprint density at radius 2 is 1.81 bits per heavy atom. The average Bonchev–Trinajstić information content (AvgIpc) is 3.47. The van der Waals surface area contributed by atoms with Gasteiger partial charge in [0.15, 0.2) is 5.78 Å². The SMILES string of the molecule is COC(=O)[C@H]1CCCN1C(=O)CCC(=O)O[C@H]1CC[C@H]2[C@@H]3CCC4=CC(=O)CC[C@]4(C)[C@H]3CC[C@]12C. The van der Waals surface area contributed by atoms with Gasteiger partial charge in [0, 0.05) is 24.8 Å². The number of likely N-dealkylation sites (tertiary alicyclic amines) is 1. The van der Waals surface area contributed by atoms with Gasteiger partial charge in [0.2, 0.25) is 5.91 Å². The molecule has 36 heavy (non-hydrogen) atoms. The number of amides is 1. The molecular formula is C29H41NO6. The van der Waals surface area contributed by atoms with Crippen LogP contribution in [-0.2, 0) is 28.7 Å². The Morgan fingerprint density at radius 3 is 2.58 bits per heavy atom. The number of ketones is 1. The number of hydrogen-bond donors (Lipinski definition) is 0. The Bertz CT molecular complexity index is 973. The van der Waals surface area contributed by atoms with Gasteiger partial charge in [0.1, 0.15) is 12.1 Å². The third kappa shape index (κ3) is 4.20. The minimum absolute atomic E-state index is 0.0200. The Balaban J connectivity index is 1.19. The Morgan fingerprint density at radius 1 is 1.00 bits per heavy atom. The van der Waals surface area contributed by atoms with Crippen LogP contribution < -0.4 is 0 Å². The fourth-order valence-corrected chi connectivity index (χ4v) is 8.72. The maximum absolute atomic E-state index is 12.8. The molecule has 0 bridgehead atoms. The van der Waals surface area contributed by atoms with Crippen LogP contribution in [0.5, 0.6) is 0 Å². The van der Waals surface area contributed by atoms with Gasteiger partial charge in [0.25, 0.3) is 0 Å². The largest absolute Gasteiger partial charge is 0.467 e. The molecule has 7 nitrogen and oxygen atoms in total. The molecule has 0 aromatic rings. The summed E-state index contributed by atoms with van der Waals surface area (Å²) in [5.74, 6) is 1.19. The van der Waals surface area contributed by atoms with Crippen molar-refractivity contribution in [2.24, 2.45) is 28.6 Å². The molecule has 198 valence electrons. The van der Waals surface area contributed by atoms with Crippen molar-refractivity contribution >= 4 is 23.6 Å². The highest BCUT2D eigenvalue weighted by atomic mass is 16.5. The van der Waals surface area contributed by atoms with Crippen molar-refractivity contribution in [3.05, 3.63) is 11.6 Å². The van der Waals surface area contributed by atoms with Crippen molar-refractivity contribution in [1.29, 1.82) is 0 Å². The first kappa shape index (κ1) is 25.5. The van der Waals surface area contributed by atoms with Crippen LogP contribution in [0.15, 0.2) is 11.6 Å². The molecule has 0 aromatic carbocycles. The molecule has 4 fully saturated rings. The molecule has 0 radical (unpaired) electrons. The van der Waals surface area contributed by atoms with Crippen LogP contribution >= 0.6 is 0 Å². The van der Waals surface area contributed by atoms with Gasteiger partial charge in [-0.2, -0.15) is 0 Å². The standard InChI is InChI=1S/C29H41NO6/c1-28-14-12-19(31)17-18(28)6-7-20-21-8-9-24(29(21,2)15-13-22(20)28)36-26(33)11-10-25(32)30-16-4-5-23(30)27(34)35-3/h17,20-24H,4-16H2,1-3H3/t20-,21-,22-,23+,24-,28-,29-/m0/s1. The second-order valence-corrected chi connectivity index (χ2v) is 12.3. The third-order valence-corrected chi connectivity index (χ3v) is 10.7. The van der Waals surface area contributed by atoms with Crippen LogP contribution in [0.25, 0.3) is 0 Å². The van der Waals surface area contributed by atoms with Crippen molar-refractivity contribution in [3.8, 4) is 0 Å². The molecule has 1 heterocycles. The highest BCUT2D eigenvalue weighted by molar-refractivity contribution is 5.91. The number of esters is 2. The summed E-state index contributed by atoms with van der Waals surface area (Å²) < 4.78 is 10.9. The van der Waals surface area contributed by atoms with Crippen molar-refractivity contribution < 1.29 is 28.7 Å². The number of carbonyl (C=O) groups excluding carboxylic acids is 4. The Kier molecular flexibility index (Phi) is 6.80. The van der Waals surface area contributed by atoms with E-state index in [-0.39, 0.29) is 47.6 Å². The molecule has 0 unspecified atom stereocenters. The van der Waals surface area contributed by atoms with E-state index >= 15 is 0 Å². The summed E-state index contributed by atoms with van der Waals surface area (Å²) >= 11 is 0. The molecule has 5 aliphatic rings. The van der Waals surface area contributed by atoms with Crippen molar-refractivity contribution in [1.82, 2.24) is 4.90 Å². The zero-order valence-electron chi connectivity index (χ0n) is 22.1. The van der Waals surface area contributed by atoms with Crippen LogP contribution in [0, 0.1) is 28.6 Å². The molecule has 4 aliphatic carbocycles. The number of fused-ring (bicyclic) bond motifs is 5. The molecular weight excluding hydrogens is 458 g/mol. The maximum atomic E-state index is 12.8. The molecule has 5 rings (SSSR count). The van der Waals surface area contributed by atoms with E-state index in [9.17, 15) is 19.2 Å². The van der Waals surface area contributed by atoms with E-state index in [4.69, 9.17) is 9.47 Å². The minimum atomic E-state index is -0.529. The highest BCUT2D eigenvalue weighted by Gasteiger charge is 2.60. The number of carbonyl (C=O) groups is 4. The monoisotopic (exact) mass is 499 g/mol. The smallest absolute Gasteiger partial charge is 0.328 e. The van der Waals surface area contributed by atoms with Crippen molar-refractivity contribution in [2.75, 3.05) is 13.7 Å². The van der Waals surface area contributed by atoms with Gasteiger partial charge in [-0.3, -0.25) is 14.4 Å². The summed E-state index contributed by atoms with van der Waals surface area (Å²) in [6.45, 7) is 5.23. The summed E-state index contributed by atoms with van der Waals surface area (Å²) in [4.78, 5) is 51.1. The fraction of sp³-hybridized carbons (Fsp3) is 0.793. The van der Waals surface area contributed by atoms with Crippen LogP contribution in [0.3, 0.4) is 0 Å². The van der Waals surface area contributed by atoms with Gasteiger partial charge in [-0.15, -0.1) is 0 Å². The van der Waals surface area contributed by atoms with Gasteiger partial charge in [0.05, 0.1) is 13.5 Å². The summed E-state index contributed by atoms with van der Waals surface area (Å²) in [5.41, 5.74) is 1.50. The summed E-state index contributed by atoms with van der Waals surface area (Å²) in [6, 6.07) is -0.529. The number of hydrogen-bond acceptors (Lipinski definition) is 6. The lowest BCUT2D eigenvalue weighted by molar-refractivity contribution is -0.161. The molecule has 0 aromatic heterocycles. The number of rotatable bonds is 5. The third-order valence-electron chi connectivity index (χ3n) is 10.7. The molecule has 1 aliphatic heterocycles. The van der Waals surface area contributed by atoms with E-state index in [1.165, 1.54) is 12.7 Å². The van der Waals surface area contributed by atoms with E-state index in [2.05, 4.69) is 13.8 Å². The molecule has 1 amide bonds.